The minimum atomic E-state index is 0.130. The van der Waals surface area contributed by atoms with Crippen molar-refractivity contribution in [2.75, 3.05) is 6.54 Å². The Labute approximate surface area is 118 Å². The van der Waals surface area contributed by atoms with Crippen molar-refractivity contribution in [3.8, 4) is 0 Å². The molecule has 0 fully saturated rings. The van der Waals surface area contributed by atoms with Crippen LogP contribution in [0.4, 0.5) is 0 Å². The molecule has 1 aromatic heterocycles. The van der Waals surface area contributed by atoms with E-state index >= 15 is 0 Å². The van der Waals surface area contributed by atoms with Crippen LogP contribution in [0.25, 0.3) is 0 Å². The average molecular weight is 275 g/mol. The highest BCUT2D eigenvalue weighted by Crippen LogP contribution is 2.17. The molecule has 0 saturated carbocycles. The standard InChI is InChI=1S/C15H21N3S/c1-11-10-19-15(18-11)12(2)17-9-14(16)8-13-6-4-3-5-7-13/h3-7,10,12,14,17H,8-9,16H2,1-2H3. The van der Waals surface area contributed by atoms with Gasteiger partial charge in [-0.15, -0.1) is 11.3 Å². The van der Waals surface area contributed by atoms with Gasteiger partial charge in [0.1, 0.15) is 5.01 Å². The second-order valence-corrected chi connectivity index (χ2v) is 5.80. The topological polar surface area (TPSA) is 50.9 Å². The highest BCUT2D eigenvalue weighted by Gasteiger charge is 2.11. The van der Waals surface area contributed by atoms with Gasteiger partial charge in [-0.25, -0.2) is 4.98 Å². The molecule has 0 radical (unpaired) electrons. The third-order valence-electron chi connectivity index (χ3n) is 3.03. The van der Waals surface area contributed by atoms with E-state index in [0.717, 1.165) is 23.7 Å². The van der Waals surface area contributed by atoms with E-state index in [4.69, 9.17) is 5.73 Å². The first-order valence-electron chi connectivity index (χ1n) is 6.60. The van der Waals surface area contributed by atoms with Crippen molar-refractivity contribution in [3.63, 3.8) is 0 Å². The number of nitrogens with two attached hydrogens (primary N) is 1. The van der Waals surface area contributed by atoms with Crippen LogP contribution in [-0.4, -0.2) is 17.6 Å². The lowest BCUT2D eigenvalue weighted by molar-refractivity contribution is 0.512. The van der Waals surface area contributed by atoms with Crippen molar-refractivity contribution >= 4 is 11.3 Å². The quantitative estimate of drug-likeness (QED) is 0.852. The van der Waals surface area contributed by atoms with E-state index in [9.17, 15) is 0 Å². The minimum absolute atomic E-state index is 0.130. The second kappa shape index (κ2) is 6.80. The van der Waals surface area contributed by atoms with Gasteiger partial charge in [-0.1, -0.05) is 30.3 Å². The smallest absolute Gasteiger partial charge is 0.110 e. The zero-order valence-corrected chi connectivity index (χ0v) is 12.3. The predicted molar refractivity (Wildman–Crippen MR) is 81.4 cm³/mol. The summed E-state index contributed by atoms with van der Waals surface area (Å²) in [7, 11) is 0. The molecule has 4 heteroatoms. The van der Waals surface area contributed by atoms with Gasteiger partial charge in [0.15, 0.2) is 0 Å². The molecule has 3 N–H and O–H groups in total. The maximum atomic E-state index is 6.16. The van der Waals surface area contributed by atoms with Gasteiger partial charge in [0.25, 0.3) is 0 Å². The zero-order chi connectivity index (χ0) is 13.7. The van der Waals surface area contributed by atoms with Gasteiger partial charge in [0.2, 0.25) is 0 Å². The monoisotopic (exact) mass is 275 g/mol. The lowest BCUT2D eigenvalue weighted by Crippen LogP contribution is -2.36. The van der Waals surface area contributed by atoms with E-state index in [1.165, 1.54) is 5.56 Å². The van der Waals surface area contributed by atoms with Gasteiger partial charge < -0.3 is 11.1 Å². The van der Waals surface area contributed by atoms with Crippen LogP contribution >= 0.6 is 11.3 Å². The van der Waals surface area contributed by atoms with Crippen molar-refractivity contribution in [1.82, 2.24) is 10.3 Å². The molecule has 1 aromatic carbocycles. The van der Waals surface area contributed by atoms with Crippen LogP contribution in [0.15, 0.2) is 35.7 Å². The summed E-state index contributed by atoms with van der Waals surface area (Å²) in [5.41, 5.74) is 8.53. The summed E-state index contributed by atoms with van der Waals surface area (Å²) in [4.78, 5) is 4.49. The fourth-order valence-electron chi connectivity index (χ4n) is 1.98. The summed E-state index contributed by atoms with van der Waals surface area (Å²) in [6.45, 7) is 4.95. The van der Waals surface area contributed by atoms with Crippen LogP contribution in [0.5, 0.6) is 0 Å². The molecule has 0 bridgehead atoms. The van der Waals surface area contributed by atoms with Crippen LogP contribution in [0.3, 0.4) is 0 Å². The predicted octanol–water partition coefficient (Wildman–Crippen LogP) is 2.67. The molecule has 3 nitrogen and oxygen atoms in total. The molecule has 0 amide bonds. The van der Waals surface area contributed by atoms with Gasteiger partial charge in [0.05, 0.1) is 6.04 Å². The first-order chi connectivity index (χ1) is 9.15. The summed E-state index contributed by atoms with van der Waals surface area (Å²) < 4.78 is 0. The van der Waals surface area contributed by atoms with Crippen LogP contribution in [0, 0.1) is 6.92 Å². The van der Waals surface area contributed by atoms with E-state index in [2.05, 4.69) is 46.9 Å². The fraction of sp³-hybridized carbons (Fsp3) is 0.400. The van der Waals surface area contributed by atoms with E-state index < -0.39 is 0 Å². The van der Waals surface area contributed by atoms with Gasteiger partial charge in [0, 0.05) is 23.7 Å². The van der Waals surface area contributed by atoms with E-state index in [-0.39, 0.29) is 12.1 Å². The largest absolute Gasteiger partial charge is 0.326 e. The van der Waals surface area contributed by atoms with Gasteiger partial charge in [-0.05, 0) is 25.8 Å². The number of hydrogen-bond donors (Lipinski definition) is 2. The van der Waals surface area contributed by atoms with Crippen LogP contribution < -0.4 is 11.1 Å². The zero-order valence-electron chi connectivity index (χ0n) is 11.5. The van der Waals surface area contributed by atoms with Crippen LogP contribution in [0.1, 0.15) is 29.2 Å². The number of nitrogens with zero attached hydrogens (tertiary/aromatic N) is 1. The van der Waals surface area contributed by atoms with Crippen LogP contribution in [0.2, 0.25) is 0 Å². The molecule has 0 spiro atoms. The molecule has 0 aliphatic rings. The summed E-state index contributed by atoms with van der Waals surface area (Å²) in [6, 6.07) is 10.8. The Kier molecular flexibility index (Phi) is 5.07. The van der Waals surface area contributed by atoms with Gasteiger partial charge in [-0.3, -0.25) is 0 Å². The Hall–Kier alpha value is -1.23. The fourth-order valence-corrected chi connectivity index (χ4v) is 2.80. The molecule has 0 aliphatic carbocycles. The Morgan fingerprint density at radius 3 is 2.68 bits per heavy atom. The highest BCUT2D eigenvalue weighted by molar-refractivity contribution is 7.09. The summed E-state index contributed by atoms with van der Waals surface area (Å²) in [5.74, 6) is 0. The van der Waals surface area contributed by atoms with Crippen molar-refractivity contribution < 1.29 is 0 Å². The lowest BCUT2D eigenvalue weighted by Gasteiger charge is -2.16. The molecule has 2 unspecified atom stereocenters. The number of thiazole rings is 1. The molecule has 0 saturated heterocycles. The molecular weight excluding hydrogens is 254 g/mol. The summed E-state index contributed by atoms with van der Waals surface area (Å²) in [5, 5.41) is 6.67. The SMILES string of the molecule is Cc1csc(C(C)NCC(N)Cc2ccccc2)n1. The Bertz CT molecular complexity index is 495. The number of nitrogens with one attached hydrogen (secondary N) is 1. The minimum Gasteiger partial charge on any atom is -0.326 e. The third-order valence-corrected chi connectivity index (χ3v) is 4.18. The number of hydrogen-bond acceptors (Lipinski definition) is 4. The van der Waals surface area contributed by atoms with Crippen molar-refractivity contribution in [1.29, 1.82) is 0 Å². The highest BCUT2D eigenvalue weighted by atomic mass is 32.1. The first-order valence-corrected chi connectivity index (χ1v) is 7.48. The third kappa shape index (κ3) is 4.42. The Balaban J connectivity index is 1.79. The molecule has 2 atom stereocenters. The summed E-state index contributed by atoms with van der Waals surface area (Å²) in [6.07, 6.45) is 0.900. The summed E-state index contributed by atoms with van der Waals surface area (Å²) >= 11 is 1.70. The molecule has 2 rings (SSSR count). The molecular formula is C15H21N3S. The Morgan fingerprint density at radius 2 is 2.05 bits per heavy atom. The molecule has 19 heavy (non-hydrogen) atoms. The number of aromatic nitrogens is 1. The number of benzene rings is 1. The van der Waals surface area contributed by atoms with Crippen molar-refractivity contribution in [3.05, 3.63) is 52.0 Å². The maximum Gasteiger partial charge on any atom is 0.110 e. The molecule has 1 heterocycles. The molecule has 102 valence electrons. The first kappa shape index (κ1) is 14.2. The number of rotatable bonds is 6. The van der Waals surface area contributed by atoms with Crippen LogP contribution in [-0.2, 0) is 6.42 Å². The normalized spacial score (nSPS) is 14.3. The van der Waals surface area contributed by atoms with E-state index in [1.807, 2.05) is 13.0 Å². The lowest BCUT2D eigenvalue weighted by atomic mass is 10.1. The van der Waals surface area contributed by atoms with Crippen molar-refractivity contribution in [2.45, 2.75) is 32.4 Å². The van der Waals surface area contributed by atoms with Gasteiger partial charge in [-0.2, -0.15) is 0 Å². The Morgan fingerprint density at radius 1 is 1.32 bits per heavy atom. The maximum absolute atomic E-state index is 6.16. The van der Waals surface area contributed by atoms with Crippen molar-refractivity contribution in [2.24, 2.45) is 5.73 Å². The average Bonchev–Trinajstić information content (AvgIpc) is 2.84. The van der Waals surface area contributed by atoms with Gasteiger partial charge >= 0.3 is 0 Å². The molecule has 2 aromatic rings. The second-order valence-electron chi connectivity index (χ2n) is 4.91. The van der Waals surface area contributed by atoms with E-state index in [0.29, 0.717) is 0 Å². The number of aryl methyl sites for hydroxylation is 1. The van der Waals surface area contributed by atoms with E-state index in [1.54, 1.807) is 11.3 Å². The molecule has 0 aliphatic heterocycles.